The van der Waals surface area contributed by atoms with E-state index in [0.29, 0.717) is 13.0 Å². The predicted molar refractivity (Wildman–Crippen MR) is 98.5 cm³/mol. The highest BCUT2D eigenvalue weighted by Gasteiger charge is 2.15. The van der Waals surface area contributed by atoms with E-state index in [0.717, 1.165) is 5.69 Å². The first-order valence-electron chi connectivity index (χ1n) is 8.01. The van der Waals surface area contributed by atoms with E-state index in [2.05, 4.69) is 15.0 Å². The second-order valence-electron chi connectivity index (χ2n) is 5.38. The van der Waals surface area contributed by atoms with Crippen molar-refractivity contribution in [3.8, 4) is 5.75 Å². The zero-order valence-corrected chi connectivity index (χ0v) is 15.8. The van der Waals surface area contributed by atoms with Gasteiger partial charge in [0.2, 0.25) is 10.0 Å². The van der Waals surface area contributed by atoms with Gasteiger partial charge >= 0.3 is 0 Å². The molecule has 0 aliphatic heterocycles. The van der Waals surface area contributed by atoms with Crippen LogP contribution >= 0.6 is 11.6 Å². The first-order chi connectivity index (χ1) is 12.4. The van der Waals surface area contributed by atoms with Gasteiger partial charge in [0.15, 0.2) is 6.61 Å². The Labute approximate surface area is 157 Å². The molecule has 140 valence electrons. The van der Waals surface area contributed by atoms with Crippen molar-refractivity contribution in [2.24, 2.45) is 0 Å². The lowest BCUT2D eigenvalue weighted by molar-refractivity contribution is -0.123. The first-order valence-corrected chi connectivity index (χ1v) is 9.87. The fraction of sp³-hybridized carbons (Fsp3) is 0.294. The molecule has 1 aromatic carbocycles. The zero-order chi connectivity index (χ0) is 19.0. The normalized spacial score (nSPS) is 11.2. The fourth-order valence-electron chi connectivity index (χ4n) is 1.97. The maximum atomic E-state index is 12.1. The van der Waals surface area contributed by atoms with Crippen LogP contribution in [0.2, 0.25) is 5.02 Å². The molecular formula is C17H20ClN3O4S. The first kappa shape index (κ1) is 20.2. The average molecular weight is 398 g/mol. The van der Waals surface area contributed by atoms with Crippen LogP contribution in [-0.2, 0) is 21.4 Å². The minimum Gasteiger partial charge on any atom is -0.482 e. The second kappa shape index (κ2) is 9.51. The van der Waals surface area contributed by atoms with E-state index in [-0.39, 0.29) is 34.7 Å². The largest absolute Gasteiger partial charge is 0.482 e. The standard InChI is InChI=1S/C17H20ClN3O4S/c1-2-8-21-26(23,24)14-6-7-16(15(18)10-14)25-12-17(22)20-11-13-5-3-4-9-19-13/h3-7,9-10,21H,2,8,11-12H2,1H3,(H,20,22). The van der Waals surface area contributed by atoms with Crippen molar-refractivity contribution in [2.75, 3.05) is 13.2 Å². The van der Waals surface area contributed by atoms with Gasteiger partial charge in [0, 0.05) is 12.7 Å². The molecular weight excluding hydrogens is 378 g/mol. The monoisotopic (exact) mass is 397 g/mol. The van der Waals surface area contributed by atoms with Crippen LogP contribution in [0.25, 0.3) is 0 Å². The van der Waals surface area contributed by atoms with E-state index >= 15 is 0 Å². The van der Waals surface area contributed by atoms with Crippen molar-refractivity contribution in [1.82, 2.24) is 15.0 Å². The van der Waals surface area contributed by atoms with Gasteiger partial charge in [-0.2, -0.15) is 0 Å². The van der Waals surface area contributed by atoms with Crippen LogP contribution in [0.15, 0.2) is 47.5 Å². The van der Waals surface area contributed by atoms with Gasteiger partial charge in [-0.15, -0.1) is 0 Å². The minimum absolute atomic E-state index is 0.0444. The van der Waals surface area contributed by atoms with E-state index in [9.17, 15) is 13.2 Å². The minimum atomic E-state index is -3.61. The third kappa shape index (κ3) is 5.98. The van der Waals surface area contributed by atoms with Crippen LogP contribution in [-0.4, -0.2) is 32.5 Å². The number of nitrogens with zero attached hydrogens (tertiary/aromatic N) is 1. The lowest BCUT2D eigenvalue weighted by Gasteiger charge is -2.11. The van der Waals surface area contributed by atoms with Crippen molar-refractivity contribution in [2.45, 2.75) is 24.8 Å². The third-order valence-corrected chi connectivity index (χ3v) is 5.06. The molecule has 2 rings (SSSR count). The molecule has 0 saturated carbocycles. The number of nitrogens with one attached hydrogen (secondary N) is 2. The van der Waals surface area contributed by atoms with Crippen molar-refractivity contribution in [1.29, 1.82) is 0 Å². The number of rotatable bonds is 9. The number of pyridine rings is 1. The van der Waals surface area contributed by atoms with Crippen LogP contribution < -0.4 is 14.8 Å². The van der Waals surface area contributed by atoms with Crippen LogP contribution in [0.4, 0.5) is 0 Å². The quantitative estimate of drug-likeness (QED) is 0.675. The number of halogens is 1. The molecule has 0 saturated heterocycles. The fourth-order valence-corrected chi connectivity index (χ4v) is 3.43. The smallest absolute Gasteiger partial charge is 0.258 e. The van der Waals surface area contributed by atoms with Gasteiger partial charge < -0.3 is 10.1 Å². The number of sulfonamides is 1. The van der Waals surface area contributed by atoms with Gasteiger partial charge in [-0.1, -0.05) is 24.6 Å². The van der Waals surface area contributed by atoms with Crippen molar-refractivity contribution in [3.05, 3.63) is 53.3 Å². The molecule has 2 N–H and O–H groups in total. The summed E-state index contributed by atoms with van der Waals surface area (Å²) in [4.78, 5) is 16.0. The molecule has 0 spiro atoms. The predicted octanol–water partition coefficient (Wildman–Crippen LogP) is 2.12. The molecule has 9 heteroatoms. The molecule has 7 nitrogen and oxygen atoms in total. The molecule has 0 radical (unpaired) electrons. The summed E-state index contributed by atoms with van der Waals surface area (Å²) in [5.41, 5.74) is 0.730. The highest BCUT2D eigenvalue weighted by atomic mass is 35.5. The van der Waals surface area contributed by atoms with Crippen molar-refractivity contribution < 1.29 is 17.9 Å². The molecule has 2 aromatic rings. The lowest BCUT2D eigenvalue weighted by atomic mass is 10.3. The van der Waals surface area contributed by atoms with E-state index in [1.807, 2.05) is 13.0 Å². The van der Waals surface area contributed by atoms with E-state index < -0.39 is 10.0 Å². The molecule has 26 heavy (non-hydrogen) atoms. The Morgan fingerprint density at radius 2 is 2.08 bits per heavy atom. The van der Waals surface area contributed by atoms with Crippen molar-refractivity contribution in [3.63, 3.8) is 0 Å². The number of amides is 1. The summed E-state index contributed by atoms with van der Waals surface area (Å²) in [5.74, 6) is -0.109. The number of hydrogen-bond donors (Lipinski definition) is 2. The van der Waals surface area contributed by atoms with E-state index in [1.54, 1.807) is 18.3 Å². The summed E-state index contributed by atoms with van der Waals surface area (Å²) in [6.07, 6.45) is 2.32. The molecule has 0 unspecified atom stereocenters. The summed E-state index contributed by atoms with van der Waals surface area (Å²) >= 11 is 6.07. The van der Waals surface area contributed by atoms with Gasteiger partial charge in [0.05, 0.1) is 22.2 Å². The number of hydrogen-bond acceptors (Lipinski definition) is 5. The van der Waals surface area contributed by atoms with Gasteiger partial charge in [-0.05, 0) is 36.8 Å². The van der Waals surface area contributed by atoms with E-state index in [1.165, 1.54) is 18.2 Å². The molecule has 1 heterocycles. The van der Waals surface area contributed by atoms with E-state index in [4.69, 9.17) is 16.3 Å². The summed E-state index contributed by atoms with van der Waals surface area (Å²) < 4.78 is 31.9. The van der Waals surface area contributed by atoms with Crippen LogP contribution in [0.1, 0.15) is 19.0 Å². The van der Waals surface area contributed by atoms with Gasteiger partial charge in [-0.3, -0.25) is 9.78 Å². The SMILES string of the molecule is CCCNS(=O)(=O)c1ccc(OCC(=O)NCc2ccccn2)c(Cl)c1. The summed E-state index contributed by atoms with van der Waals surface area (Å²) in [7, 11) is -3.61. The number of carbonyl (C=O) groups is 1. The third-order valence-electron chi connectivity index (χ3n) is 3.31. The highest BCUT2D eigenvalue weighted by Crippen LogP contribution is 2.27. The Kier molecular flexibility index (Phi) is 7.38. The molecule has 0 atom stereocenters. The van der Waals surface area contributed by atoms with Gasteiger partial charge in [0.25, 0.3) is 5.91 Å². The molecule has 1 aromatic heterocycles. The summed E-state index contributed by atoms with van der Waals surface area (Å²) in [6.45, 7) is 2.25. The average Bonchev–Trinajstić information content (AvgIpc) is 2.64. The number of aromatic nitrogens is 1. The topological polar surface area (TPSA) is 97.4 Å². The van der Waals surface area contributed by atoms with Crippen molar-refractivity contribution >= 4 is 27.5 Å². The highest BCUT2D eigenvalue weighted by molar-refractivity contribution is 7.89. The Bertz CT molecular complexity index is 844. The Morgan fingerprint density at radius 3 is 2.73 bits per heavy atom. The van der Waals surface area contributed by atoms with Crippen LogP contribution in [0, 0.1) is 0 Å². The van der Waals surface area contributed by atoms with Crippen LogP contribution in [0.3, 0.4) is 0 Å². The Balaban J connectivity index is 1.90. The Hall–Kier alpha value is -2.16. The van der Waals surface area contributed by atoms with Crippen LogP contribution in [0.5, 0.6) is 5.75 Å². The van der Waals surface area contributed by atoms with Gasteiger partial charge in [-0.25, -0.2) is 13.1 Å². The molecule has 0 fully saturated rings. The second-order valence-corrected chi connectivity index (χ2v) is 7.55. The molecule has 1 amide bonds. The number of benzene rings is 1. The lowest BCUT2D eigenvalue weighted by Crippen LogP contribution is -2.28. The summed E-state index contributed by atoms with van der Waals surface area (Å²) in [5, 5.41) is 2.78. The molecule has 0 aliphatic carbocycles. The van der Waals surface area contributed by atoms with Gasteiger partial charge in [0.1, 0.15) is 5.75 Å². The molecule has 0 bridgehead atoms. The summed E-state index contributed by atoms with van der Waals surface area (Å²) in [6, 6.07) is 9.51. The zero-order valence-electron chi connectivity index (χ0n) is 14.2. The maximum Gasteiger partial charge on any atom is 0.258 e. The number of carbonyl (C=O) groups excluding carboxylic acids is 1. The number of ether oxygens (including phenoxy) is 1. The molecule has 0 aliphatic rings. The maximum absolute atomic E-state index is 12.1. The Morgan fingerprint density at radius 1 is 1.27 bits per heavy atom.